The minimum atomic E-state index is -1.07. The molecule has 0 aliphatic rings. The maximum Gasteiger partial charge on any atom is 0.339 e. The average molecular weight is 506 g/mol. The Balaban J connectivity index is 1.74. The molecule has 0 saturated heterocycles. The van der Waals surface area contributed by atoms with E-state index in [4.69, 9.17) is 4.74 Å². The Kier molecular flexibility index (Phi) is 8.10. The van der Waals surface area contributed by atoms with Crippen LogP contribution in [0.25, 0.3) is 11.3 Å². The van der Waals surface area contributed by atoms with Crippen molar-refractivity contribution in [1.29, 1.82) is 0 Å². The molecule has 0 radical (unpaired) electrons. The standard InChI is InChI=1S/C23H22BrF2N3O3/c1-2-3-8-32-21-9-14(4-5-17(21)23(30)31)20-12-22(29-13-28-20)27-7-6-16-18(25)10-15(24)11-19(16)26/h4-5,9-13H,2-3,6-8H2,1H3,(H,30,31)(H,27,28,29). The molecule has 0 fully saturated rings. The average Bonchev–Trinajstić information content (AvgIpc) is 2.75. The van der Waals surface area contributed by atoms with E-state index in [1.54, 1.807) is 18.2 Å². The minimum absolute atomic E-state index is 0.00638. The van der Waals surface area contributed by atoms with Gasteiger partial charge in [-0.1, -0.05) is 35.3 Å². The van der Waals surface area contributed by atoms with Gasteiger partial charge in [0, 0.05) is 28.2 Å². The molecule has 3 rings (SSSR count). The molecule has 2 N–H and O–H groups in total. The monoisotopic (exact) mass is 505 g/mol. The predicted molar refractivity (Wildman–Crippen MR) is 121 cm³/mol. The molecule has 1 aromatic heterocycles. The van der Waals surface area contributed by atoms with Crippen LogP contribution in [0.1, 0.15) is 35.7 Å². The number of anilines is 1. The van der Waals surface area contributed by atoms with Gasteiger partial charge in [0.2, 0.25) is 0 Å². The highest BCUT2D eigenvalue weighted by Gasteiger charge is 2.14. The molecule has 0 atom stereocenters. The number of nitrogens with zero attached hydrogens (tertiary/aromatic N) is 2. The molecule has 0 unspecified atom stereocenters. The molecule has 0 aliphatic heterocycles. The fraction of sp³-hybridized carbons (Fsp3) is 0.261. The topological polar surface area (TPSA) is 84.3 Å². The van der Waals surface area contributed by atoms with Crippen molar-refractivity contribution >= 4 is 27.7 Å². The number of benzene rings is 2. The number of hydrogen-bond donors (Lipinski definition) is 2. The molecule has 6 nitrogen and oxygen atoms in total. The summed E-state index contributed by atoms with van der Waals surface area (Å²) in [5.74, 6) is -1.55. The largest absolute Gasteiger partial charge is 0.493 e. The van der Waals surface area contributed by atoms with Crippen molar-refractivity contribution in [3.8, 4) is 17.0 Å². The molecule has 0 spiro atoms. The van der Waals surface area contributed by atoms with Gasteiger partial charge in [-0.05, 0) is 37.1 Å². The zero-order valence-electron chi connectivity index (χ0n) is 17.4. The number of aromatic nitrogens is 2. The van der Waals surface area contributed by atoms with Crippen molar-refractivity contribution in [2.75, 3.05) is 18.5 Å². The summed E-state index contributed by atoms with van der Waals surface area (Å²) in [6.07, 6.45) is 3.23. The van der Waals surface area contributed by atoms with E-state index < -0.39 is 17.6 Å². The lowest BCUT2D eigenvalue weighted by Crippen LogP contribution is -2.09. The quantitative estimate of drug-likeness (QED) is 0.343. The fourth-order valence-electron chi connectivity index (χ4n) is 3.04. The van der Waals surface area contributed by atoms with E-state index in [1.807, 2.05) is 6.92 Å². The van der Waals surface area contributed by atoms with E-state index in [9.17, 15) is 18.7 Å². The van der Waals surface area contributed by atoms with Gasteiger partial charge in [-0.2, -0.15) is 0 Å². The Morgan fingerprint density at radius 3 is 2.59 bits per heavy atom. The zero-order valence-corrected chi connectivity index (χ0v) is 19.0. The maximum absolute atomic E-state index is 14.0. The molecule has 32 heavy (non-hydrogen) atoms. The van der Waals surface area contributed by atoms with Gasteiger partial charge in [-0.15, -0.1) is 0 Å². The van der Waals surface area contributed by atoms with Gasteiger partial charge in [-0.3, -0.25) is 0 Å². The molecule has 9 heteroatoms. The molecular formula is C23H22BrF2N3O3. The van der Waals surface area contributed by atoms with Crippen LogP contribution in [0, 0.1) is 11.6 Å². The van der Waals surface area contributed by atoms with Crippen LogP contribution in [-0.2, 0) is 6.42 Å². The van der Waals surface area contributed by atoms with Crippen molar-refractivity contribution in [3.63, 3.8) is 0 Å². The summed E-state index contributed by atoms with van der Waals surface area (Å²) in [6.45, 7) is 2.70. The summed E-state index contributed by atoms with van der Waals surface area (Å²) in [6, 6.07) is 8.89. The molecule has 2 aromatic carbocycles. The number of rotatable bonds is 10. The van der Waals surface area contributed by atoms with Gasteiger partial charge in [0.1, 0.15) is 35.1 Å². The van der Waals surface area contributed by atoms with E-state index in [0.717, 1.165) is 12.8 Å². The summed E-state index contributed by atoms with van der Waals surface area (Å²) in [4.78, 5) is 19.9. The number of aromatic carboxylic acids is 1. The third kappa shape index (κ3) is 6.00. The molecular weight excluding hydrogens is 484 g/mol. The van der Waals surface area contributed by atoms with Crippen LogP contribution in [-0.4, -0.2) is 34.2 Å². The van der Waals surface area contributed by atoms with Crippen molar-refractivity contribution in [3.05, 3.63) is 70.0 Å². The molecule has 0 aliphatic carbocycles. The first-order valence-corrected chi connectivity index (χ1v) is 10.9. The van der Waals surface area contributed by atoms with Gasteiger partial charge >= 0.3 is 5.97 Å². The third-order valence-electron chi connectivity index (χ3n) is 4.72. The highest BCUT2D eigenvalue weighted by molar-refractivity contribution is 9.10. The Labute approximate surface area is 192 Å². The number of nitrogens with one attached hydrogen (secondary N) is 1. The molecule has 168 valence electrons. The number of carboxylic acids is 1. The second-order valence-electron chi connectivity index (χ2n) is 7.03. The van der Waals surface area contributed by atoms with Crippen LogP contribution in [0.15, 0.2) is 47.2 Å². The van der Waals surface area contributed by atoms with Crippen LogP contribution in [0.3, 0.4) is 0 Å². The first-order valence-electron chi connectivity index (χ1n) is 10.1. The summed E-state index contributed by atoms with van der Waals surface area (Å²) < 4.78 is 34.0. The summed E-state index contributed by atoms with van der Waals surface area (Å²) in [5.41, 5.74) is 1.29. The number of carbonyl (C=O) groups is 1. The van der Waals surface area contributed by atoms with Gasteiger partial charge in [0.25, 0.3) is 0 Å². The van der Waals surface area contributed by atoms with Crippen LogP contribution >= 0.6 is 15.9 Å². The van der Waals surface area contributed by atoms with Crippen molar-refractivity contribution in [2.45, 2.75) is 26.2 Å². The SMILES string of the molecule is CCCCOc1cc(-c2cc(NCCc3c(F)cc(Br)cc3F)ncn2)ccc1C(=O)O. The second-order valence-corrected chi connectivity index (χ2v) is 7.95. The van der Waals surface area contributed by atoms with Gasteiger partial charge in [0.05, 0.1) is 12.3 Å². The zero-order chi connectivity index (χ0) is 23.1. The summed E-state index contributed by atoms with van der Waals surface area (Å²) >= 11 is 3.06. The van der Waals surface area contributed by atoms with Crippen LogP contribution in [0.2, 0.25) is 0 Å². The molecule has 0 saturated carbocycles. The minimum Gasteiger partial charge on any atom is -0.493 e. The van der Waals surface area contributed by atoms with Crippen LogP contribution in [0.4, 0.5) is 14.6 Å². The number of unbranched alkanes of at least 4 members (excludes halogenated alkanes) is 1. The highest BCUT2D eigenvalue weighted by atomic mass is 79.9. The number of ether oxygens (including phenoxy) is 1. The molecule has 3 aromatic rings. The van der Waals surface area contributed by atoms with Gasteiger partial charge in [0.15, 0.2) is 0 Å². The number of carboxylic acid groups (broad SMARTS) is 1. The van der Waals surface area contributed by atoms with E-state index >= 15 is 0 Å². The predicted octanol–water partition coefficient (Wildman–Crippen LogP) is 5.72. The number of halogens is 3. The highest BCUT2D eigenvalue weighted by Crippen LogP contribution is 2.28. The van der Waals surface area contributed by atoms with Crippen LogP contribution in [0.5, 0.6) is 5.75 Å². The van der Waals surface area contributed by atoms with Crippen LogP contribution < -0.4 is 10.1 Å². The summed E-state index contributed by atoms with van der Waals surface area (Å²) in [7, 11) is 0. The summed E-state index contributed by atoms with van der Waals surface area (Å²) in [5, 5.41) is 12.4. The van der Waals surface area contributed by atoms with Crippen molar-refractivity contribution < 1.29 is 23.4 Å². The lowest BCUT2D eigenvalue weighted by atomic mass is 10.1. The first kappa shape index (κ1) is 23.6. The molecule has 0 bridgehead atoms. The second kappa shape index (κ2) is 11.0. The van der Waals surface area contributed by atoms with E-state index in [1.165, 1.54) is 24.5 Å². The first-order chi connectivity index (χ1) is 15.4. The van der Waals surface area contributed by atoms with Crippen molar-refractivity contribution in [1.82, 2.24) is 9.97 Å². The third-order valence-corrected chi connectivity index (χ3v) is 5.18. The maximum atomic E-state index is 14.0. The Bertz CT molecular complexity index is 1090. The molecule has 1 heterocycles. The van der Waals surface area contributed by atoms with Gasteiger partial charge < -0.3 is 15.2 Å². The fourth-order valence-corrected chi connectivity index (χ4v) is 3.44. The van der Waals surface area contributed by atoms with Gasteiger partial charge in [-0.25, -0.2) is 23.5 Å². The normalized spacial score (nSPS) is 10.8. The smallest absolute Gasteiger partial charge is 0.339 e. The number of hydrogen-bond acceptors (Lipinski definition) is 5. The molecule has 0 amide bonds. The van der Waals surface area contributed by atoms with Crippen molar-refractivity contribution in [2.24, 2.45) is 0 Å². The van der Waals surface area contributed by atoms with E-state index in [0.29, 0.717) is 28.2 Å². The Hall–Kier alpha value is -3.07. The Morgan fingerprint density at radius 2 is 1.91 bits per heavy atom. The van der Waals surface area contributed by atoms with E-state index in [-0.39, 0.29) is 29.8 Å². The lowest BCUT2D eigenvalue weighted by molar-refractivity contribution is 0.0692. The lowest BCUT2D eigenvalue weighted by Gasteiger charge is -2.12. The Morgan fingerprint density at radius 1 is 1.16 bits per heavy atom. The van der Waals surface area contributed by atoms with E-state index in [2.05, 4.69) is 31.2 Å².